The molecule has 0 saturated carbocycles. The van der Waals surface area contributed by atoms with E-state index in [0.717, 1.165) is 38.1 Å². The smallest absolute Gasteiger partial charge is 0.138 e. The van der Waals surface area contributed by atoms with E-state index in [9.17, 15) is 4.79 Å². The van der Waals surface area contributed by atoms with Crippen molar-refractivity contribution >= 4 is 5.78 Å². The Bertz CT molecular complexity index is 320. The van der Waals surface area contributed by atoms with Gasteiger partial charge in [-0.25, -0.2) is 4.98 Å². The molecule has 16 heavy (non-hydrogen) atoms. The summed E-state index contributed by atoms with van der Waals surface area (Å²) in [5.41, 5.74) is 0. The van der Waals surface area contributed by atoms with Crippen LogP contribution in [0.4, 0.5) is 0 Å². The molecule has 1 aromatic heterocycles. The zero-order chi connectivity index (χ0) is 11.8. The number of hydrogen-bond donors (Lipinski definition) is 0. The molecule has 90 valence electrons. The van der Waals surface area contributed by atoms with Gasteiger partial charge in [-0.05, 0) is 19.3 Å². The highest BCUT2D eigenvalue weighted by Crippen LogP contribution is 2.05. The monoisotopic (exact) mass is 223 g/mol. The van der Waals surface area contributed by atoms with E-state index < -0.39 is 0 Å². The van der Waals surface area contributed by atoms with Crippen LogP contribution in [-0.4, -0.2) is 20.5 Å². The summed E-state index contributed by atoms with van der Waals surface area (Å²) in [6.07, 6.45) is 6.74. The van der Waals surface area contributed by atoms with Crippen molar-refractivity contribution in [3.05, 3.63) is 12.2 Å². The van der Waals surface area contributed by atoms with Crippen LogP contribution >= 0.6 is 0 Å². The maximum absolute atomic E-state index is 11.3. The Morgan fingerprint density at radius 3 is 2.81 bits per heavy atom. The summed E-state index contributed by atoms with van der Waals surface area (Å²) >= 11 is 0. The van der Waals surface area contributed by atoms with Crippen molar-refractivity contribution < 1.29 is 4.79 Å². The Balaban J connectivity index is 2.31. The molecule has 0 spiro atoms. The Morgan fingerprint density at radius 2 is 2.12 bits per heavy atom. The summed E-state index contributed by atoms with van der Waals surface area (Å²) in [5.74, 6) is 1.37. The van der Waals surface area contributed by atoms with E-state index in [1.165, 1.54) is 0 Å². The third kappa shape index (κ3) is 4.13. The maximum Gasteiger partial charge on any atom is 0.138 e. The maximum atomic E-state index is 11.3. The molecule has 0 fully saturated rings. The number of aromatic nitrogens is 3. The van der Waals surface area contributed by atoms with Crippen molar-refractivity contribution in [2.45, 2.75) is 58.9 Å². The second kappa shape index (κ2) is 7.14. The van der Waals surface area contributed by atoms with Gasteiger partial charge in [0.25, 0.3) is 0 Å². The van der Waals surface area contributed by atoms with E-state index >= 15 is 0 Å². The van der Waals surface area contributed by atoms with Gasteiger partial charge in [0.05, 0.1) is 0 Å². The molecule has 0 atom stereocenters. The van der Waals surface area contributed by atoms with Crippen LogP contribution in [0.15, 0.2) is 6.33 Å². The number of carbonyl (C=O) groups excluding carboxylic acids is 1. The van der Waals surface area contributed by atoms with Gasteiger partial charge in [-0.3, -0.25) is 9.48 Å². The lowest BCUT2D eigenvalue weighted by Gasteiger charge is -2.03. The lowest BCUT2D eigenvalue weighted by atomic mass is 10.1. The quantitative estimate of drug-likeness (QED) is 0.679. The van der Waals surface area contributed by atoms with Crippen LogP contribution in [0, 0.1) is 0 Å². The van der Waals surface area contributed by atoms with Crippen LogP contribution < -0.4 is 0 Å². The van der Waals surface area contributed by atoms with Crippen LogP contribution in [0.5, 0.6) is 0 Å². The summed E-state index contributed by atoms with van der Waals surface area (Å²) in [7, 11) is 0. The molecule has 0 aliphatic rings. The Hall–Kier alpha value is -1.19. The largest absolute Gasteiger partial charge is 0.300 e. The molecule has 0 aliphatic carbocycles. The van der Waals surface area contributed by atoms with Gasteiger partial charge in [-0.2, -0.15) is 5.10 Å². The summed E-state index contributed by atoms with van der Waals surface area (Å²) in [4.78, 5) is 15.6. The first-order valence-electron chi connectivity index (χ1n) is 6.16. The van der Waals surface area contributed by atoms with Gasteiger partial charge in [0.2, 0.25) is 0 Å². The second-order valence-corrected chi connectivity index (χ2v) is 4.04. The Morgan fingerprint density at radius 1 is 1.31 bits per heavy atom. The highest BCUT2D eigenvalue weighted by molar-refractivity contribution is 5.78. The van der Waals surface area contributed by atoms with Crippen molar-refractivity contribution in [1.29, 1.82) is 0 Å². The van der Waals surface area contributed by atoms with Gasteiger partial charge < -0.3 is 0 Å². The molecular formula is C12H21N3O. The Kier molecular flexibility index (Phi) is 5.75. The van der Waals surface area contributed by atoms with Crippen LogP contribution in [0.3, 0.4) is 0 Å². The van der Waals surface area contributed by atoms with Gasteiger partial charge in [0, 0.05) is 25.8 Å². The van der Waals surface area contributed by atoms with Crippen molar-refractivity contribution in [2.24, 2.45) is 0 Å². The molecule has 4 heteroatoms. The van der Waals surface area contributed by atoms with E-state index in [2.05, 4.69) is 17.0 Å². The van der Waals surface area contributed by atoms with Crippen molar-refractivity contribution in [3.63, 3.8) is 0 Å². The minimum Gasteiger partial charge on any atom is -0.300 e. The molecule has 0 aromatic carbocycles. The molecule has 1 rings (SSSR count). The predicted octanol–water partition coefficient (Wildman–Crippen LogP) is 2.38. The molecule has 1 heterocycles. The van der Waals surface area contributed by atoms with Crippen LogP contribution in [0.1, 0.15) is 51.8 Å². The molecule has 4 nitrogen and oxygen atoms in total. The van der Waals surface area contributed by atoms with E-state index in [0.29, 0.717) is 18.6 Å². The third-order valence-corrected chi connectivity index (χ3v) is 2.52. The average Bonchev–Trinajstić information content (AvgIpc) is 2.67. The van der Waals surface area contributed by atoms with Gasteiger partial charge in [-0.15, -0.1) is 0 Å². The predicted molar refractivity (Wildman–Crippen MR) is 63.2 cm³/mol. The van der Waals surface area contributed by atoms with Gasteiger partial charge in [0.1, 0.15) is 17.9 Å². The fourth-order valence-electron chi connectivity index (χ4n) is 1.73. The molecule has 0 unspecified atom stereocenters. The minimum atomic E-state index is 0.365. The molecule has 1 aromatic rings. The lowest BCUT2D eigenvalue weighted by molar-refractivity contribution is -0.119. The number of hydrogen-bond acceptors (Lipinski definition) is 3. The van der Waals surface area contributed by atoms with Crippen molar-refractivity contribution in [1.82, 2.24) is 14.8 Å². The van der Waals surface area contributed by atoms with Gasteiger partial charge >= 0.3 is 0 Å². The van der Waals surface area contributed by atoms with Crippen molar-refractivity contribution in [3.8, 4) is 0 Å². The first-order valence-corrected chi connectivity index (χ1v) is 6.16. The fourth-order valence-corrected chi connectivity index (χ4v) is 1.73. The van der Waals surface area contributed by atoms with E-state index in [4.69, 9.17) is 0 Å². The number of aryl methyl sites for hydroxylation is 2. The van der Waals surface area contributed by atoms with E-state index in [1.54, 1.807) is 6.33 Å². The normalized spacial score (nSPS) is 10.6. The highest BCUT2D eigenvalue weighted by Gasteiger charge is 2.05. The van der Waals surface area contributed by atoms with Crippen LogP contribution in [0.25, 0.3) is 0 Å². The summed E-state index contributed by atoms with van der Waals surface area (Å²) in [6, 6.07) is 0. The zero-order valence-corrected chi connectivity index (χ0v) is 10.3. The van der Waals surface area contributed by atoms with E-state index in [-0.39, 0.29) is 0 Å². The summed E-state index contributed by atoms with van der Waals surface area (Å²) < 4.78 is 1.93. The standard InChI is InChI=1S/C12H21N3O/c1-3-6-11(16)7-5-8-12-13-10-14-15(12)9-4-2/h10H,3-9H2,1-2H3. The molecule has 0 saturated heterocycles. The number of nitrogens with zero attached hydrogens (tertiary/aromatic N) is 3. The molecule has 0 amide bonds. The number of ketones is 1. The average molecular weight is 223 g/mol. The first kappa shape index (κ1) is 12.9. The third-order valence-electron chi connectivity index (χ3n) is 2.52. The molecular weight excluding hydrogens is 202 g/mol. The van der Waals surface area contributed by atoms with Gasteiger partial charge in [-0.1, -0.05) is 13.8 Å². The molecule has 0 N–H and O–H groups in total. The summed E-state index contributed by atoms with van der Waals surface area (Å²) in [6.45, 7) is 5.07. The van der Waals surface area contributed by atoms with Crippen LogP contribution in [-0.2, 0) is 17.8 Å². The molecule has 0 aliphatic heterocycles. The Labute approximate surface area is 97.1 Å². The lowest BCUT2D eigenvalue weighted by Crippen LogP contribution is -2.06. The van der Waals surface area contributed by atoms with Gasteiger partial charge in [0.15, 0.2) is 0 Å². The van der Waals surface area contributed by atoms with E-state index in [1.807, 2.05) is 11.6 Å². The SMILES string of the molecule is CCCC(=O)CCCc1ncnn1CCC. The second-order valence-electron chi connectivity index (χ2n) is 4.04. The number of Topliss-reactive ketones (excluding diaryl/α,β-unsaturated/α-hetero) is 1. The van der Waals surface area contributed by atoms with Crippen LogP contribution in [0.2, 0.25) is 0 Å². The highest BCUT2D eigenvalue weighted by atomic mass is 16.1. The first-order chi connectivity index (χ1) is 7.77. The summed E-state index contributed by atoms with van der Waals surface area (Å²) in [5, 5.41) is 4.16. The fraction of sp³-hybridized carbons (Fsp3) is 0.750. The van der Waals surface area contributed by atoms with Crippen molar-refractivity contribution in [2.75, 3.05) is 0 Å². The molecule has 0 radical (unpaired) electrons. The zero-order valence-electron chi connectivity index (χ0n) is 10.3. The topological polar surface area (TPSA) is 47.8 Å². The number of carbonyl (C=O) groups is 1. The minimum absolute atomic E-state index is 0.365. The number of rotatable bonds is 8. The molecule has 0 bridgehead atoms.